The maximum Gasteiger partial charge on any atom is 0.329 e. The predicted molar refractivity (Wildman–Crippen MR) is 49.3 cm³/mol. The van der Waals surface area contributed by atoms with Crippen LogP contribution < -0.4 is 5.73 Å². The summed E-state index contributed by atoms with van der Waals surface area (Å²) in [6.45, 7) is -1.17. The van der Waals surface area contributed by atoms with Crippen LogP contribution in [0.15, 0.2) is 0 Å². The molecule has 5 atom stereocenters. The quantitative estimate of drug-likeness (QED) is 0.345. The average Bonchev–Trinajstić information content (AvgIpc) is 2.25. The molecule has 1 aliphatic rings. The fourth-order valence-electron chi connectivity index (χ4n) is 1.41. The number of carbonyl (C=O) groups is 1. The fourth-order valence-corrected chi connectivity index (χ4v) is 1.41. The standard InChI is InChI=1S/C8H15NO7/c9-5-7(14)6(13)3(1-10)16-8(5)15-2-4(11)12/h3,5-8,10,13-14H,1-2,9H2,(H,11,12). The lowest BCUT2D eigenvalue weighted by atomic mass is 9.98. The summed E-state index contributed by atoms with van der Waals surface area (Å²) in [4.78, 5) is 10.3. The highest BCUT2D eigenvalue weighted by Gasteiger charge is 2.43. The van der Waals surface area contributed by atoms with E-state index in [4.69, 9.17) is 25.4 Å². The van der Waals surface area contributed by atoms with Crippen molar-refractivity contribution in [2.45, 2.75) is 30.6 Å². The van der Waals surface area contributed by atoms with E-state index in [9.17, 15) is 15.0 Å². The second-order valence-corrected chi connectivity index (χ2v) is 3.49. The zero-order chi connectivity index (χ0) is 12.3. The Morgan fingerprint density at radius 1 is 1.38 bits per heavy atom. The van der Waals surface area contributed by atoms with Gasteiger partial charge in [0.2, 0.25) is 0 Å². The van der Waals surface area contributed by atoms with Crippen LogP contribution in [0.4, 0.5) is 0 Å². The van der Waals surface area contributed by atoms with Crippen LogP contribution >= 0.6 is 0 Å². The van der Waals surface area contributed by atoms with E-state index in [2.05, 4.69) is 0 Å². The van der Waals surface area contributed by atoms with Crippen molar-refractivity contribution in [3.05, 3.63) is 0 Å². The zero-order valence-electron chi connectivity index (χ0n) is 8.39. The number of nitrogens with two attached hydrogens (primary N) is 1. The molecule has 0 aromatic rings. The van der Waals surface area contributed by atoms with E-state index in [1.54, 1.807) is 0 Å². The molecule has 0 saturated carbocycles. The summed E-state index contributed by atoms with van der Waals surface area (Å²) in [7, 11) is 0. The van der Waals surface area contributed by atoms with Crippen molar-refractivity contribution < 1.29 is 34.7 Å². The third-order valence-electron chi connectivity index (χ3n) is 2.30. The van der Waals surface area contributed by atoms with Gasteiger partial charge < -0.3 is 35.6 Å². The Morgan fingerprint density at radius 3 is 2.50 bits per heavy atom. The Kier molecular flexibility index (Phi) is 4.59. The third kappa shape index (κ3) is 2.88. The average molecular weight is 237 g/mol. The van der Waals surface area contributed by atoms with Gasteiger partial charge in [0.1, 0.15) is 24.9 Å². The van der Waals surface area contributed by atoms with E-state index in [-0.39, 0.29) is 0 Å². The number of aliphatic hydroxyl groups is 3. The molecule has 6 N–H and O–H groups in total. The monoisotopic (exact) mass is 237 g/mol. The van der Waals surface area contributed by atoms with Gasteiger partial charge in [-0.2, -0.15) is 0 Å². The molecule has 94 valence electrons. The summed E-state index contributed by atoms with van der Waals surface area (Å²) >= 11 is 0. The van der Waals surface area contributed by atoms with Gasteiger partial charge in [-0.05, 0) is 0 Å². The maximum atomic E-state index is 10.3. The summed E-state index contributed by atoms with van der Waals surface area (Å²) in [6.07, 6.45) is -4.89. The number of rotatable bonds is 4. The van der Waals surface area contributed by atoms with Gasteiger partial charge in [0, 0.05) is 0 Å². The van der Waals surface area contributed by atoms with Gasteiger partial charge in [-0.3, -0.25) is 0 Å². The van der Waals surface area contributed by atoms with E-state index >= 15 is 0 Å². The minimum atomic E-state index is -1.34. The normalized spacial score (nSPS) is 39.6. The lowest BCUT2D eigenvalue weighted by Crippen LogP contribution is -2.62. The molecule has 1 aliphatic heterocycles. The molecule has 1 rings (SSSR count). The first kappa shape index (κ1) is 13.3. The Bertz CT molecular complexity index is 247. The molecule has 8 heteroatoms. The molecule has 0 spiro atoms. The molecule has 0 aliphatic carbocycles. The van der Waals surface area contributed by atoms with Crippen molar-refractivity contribution in [1.82, 2.24) is 0 Å². The molecule has 16 heavy (non-hydrogen) atoms. The Balaban J connectivity index is 2.60. The number of aliphatic hydroxyl groups excluding tert-OH is 3. The van der Waals surface area contributed by atoms with Crippen molar-refractivity contribution in [3.8, 4) is 0 Å². The van der Waals surface area contributed by atoms with Gasteiger partial charge in [-0.25, -0.2) is 4.79 Å². The van der Waals surface area contributed by atoms with Crippen LogP contribution in [0.5, 0.6) is 0 Å². The SMILES string of the molecule is NC1C(OCC(=O)O)OC(CO)C(O)C1O. The van der Waals surface area contributed by atoms with Crippen molar-refractivity contribution in [3.63, 3.8) is 0 Å². The molecule has 0 radical (unpaired) electrons. The molecule has 1 fully saturated rings. The topological polar surface area (TPSA) is 142 Å². The highest BCUT2D eigenvalue weighted by molar-refractivity contribution is 5.68. The summed E-state index contributed by atoms with van der Waals surface area (Å²) in [5.41, 5.74) is 5.48. The largest absolute Gasteiger partial charge is 0.480 e. The second-order valence-electron chi connectivity index (χ2n) is 3.49. The Morgan fingerprint density at radius 2 is 2.00 bits per heavy atom. The zero-order valence-corrected chi connectivity index (χ0v) is 8.39. The van der Waals surface area contributed by atoms with Crippen LogP contribution in [0.1, 0.15) is 0 Å². The first-order valence-electron chi connectivity index (χ1n) is 4.68. The lowest BCUT2D eigenvalue weighted by molar-refractivity contribution is -0.265. The molecule has 1 saturated heterocycles. The van der Waals surface area contributed by atoms with Crippen LogP contribution in [-0.4, -0.2) is 70.3 Å². The van der Waals surface area contributed by atoms with Crippen molar-refractivity contribution in [2.75, 3.05) is 13.2 Å². The van der Waals surface area contributed by atoms with Crippen LogP contribution in [0.25, 0.3) is 0 Å². The van der Waals surface area contributed by atoms with E-state index < -0.39 is 49.8 Å². The highest BCUT2D eigenvalue weighted by Crippen LogP contribution is 2.20. The second kappa shape index (κ2) is 5.53. The van der Waals surface area contributed by atoms with Crippen molar-refractivity contribution in [2.24, 2.45) is 5.73 Å². The first-order valence-corrected chi connectivity index (χ1v) is 4.68. The first-order chi connectivity index (χ1) is 7.47. The minimum absolute atomic E-state index is 0.530. The number of carboxylic acid groups (broad SMARTS) is 1. The third-order valence-corrected chi connectivity index (χ3v) is 2.30. The van der Waals surface area contributed by atoms with Crippen molar-refractivity contribution >= 4 is 5.97 Å². The minimum Gasteiger partial charge on any atom is -0.480 e. The number of carboxylic acids is 1. The fraction of sp³-hybridized carbons (Fsp3) is 0.875. The van der Waals surface area contributed by atoms with Gasteiger partial charge in [0.25, 0.3) is 0 Å². The Hall–Kier alpha value is -0.770. The molecule has 5 unspecified atom stereocenters. The summed E-state index contributed by atoms with van der Waals surface area (Å²) in [6, 6.07) is -1.07. The summed E-state index contributed by atoms with van der Waals surface area (Å²) < 4.78 is 9.79. The molecule has 0 aromatic heterocycles. The lowest BCUT2D eigenvalue weighted by Gasteiger charge is -2.40. The van der Waals surface area contributed by atoms with Crippen LogP contribution in [-0.2, 0) is 14.3 Å². The molecule has 1 heterocycles. The van der Waals surface area contributed by atoms with Crippen LogP contribution in [0.2, 0.25) is 0 Å². The van der Waals surface area contributed by atoms with Crippen LogP contribution in [0, 0.1) is 0 Å². The predicted octanol–water partition coefficient (Wildman–Crippen LogP) is -3.15. The molecular formula is C8H15NO7. The van der Waals surface area contributed by atoms with Crippen LogP contribution in [0.3, 0.4) is 0 Å². The van der Waals surface area contributed by atoms with E-state index in [1.165, 1.54) is 0 Å². The smallest absolute Gasteiger partial charge is 0.329 e. The van der Waals surface area contributed by atoms with E-state index in [1.807, 2.05) is 0 Å². The Labute approximate surface area is 91.2 Å². The van der Waals surface area contributed by atoms with Gasteiger partial charge in [-0.1, -0.05) is 0 Å². The maximum absolute atomic E-state index is 10.3. The van der Waals surface area contributed by atoms with Gasteiger partial charge >= 0.3 is 5.97 Å². The molecule has 0 aromatic carbocycles. The van der Waals surface area contributed by atoms with E-state index in [0.717, 1.165) is 0 Å². The van der Waals surface area contributed by atoms with Gasteiger partial charge in [-0.15, -0.1) is 0 Å². The molecular weight excluding hydrogens is 222 g/mol. The number of hydrogen-bond donors (Lipinski definition) is 5. The molecule has 8 nitrogen and oxygen atoms in total. The molecule has 0 bridgehead atoms. The summed E-state index contributed by atoms with van der Waals surface area (Å²) in [5, 5.41) is 36.1. The number of ether oxygens (including phenoxy) is 2. The number of hydrogen-bond acceptors (Lipinski definition) is 7. The van der Waals surface area contributed by atoms with Gasteiger partial charge in [0.05, 0.1) is 12.6 Å². The number of aliphatic carboxylic acids is 1. The van der Waals surface area contributed by atoms with Crippen molar-refractivity contribution in [1.29, 1.82) is 0 Å². The molecule has 0 amide bonds. The van der Waals surface area contributed by atoms with Gasteiger partial charge in [0.15, 0.2) is 6.29 Å². The highest BCUT2D eigenvalue weighted by atomic mass is 16.7. The summed E-state index contributed by atoms with van der Waals surface area (Å²) in [5.74, 6) is -1.21. The van der Waals surface area contributed by atoms with E-state index in [0.29, 0.717) is 0 Å².